The van der Waals surface area contributed by atoms with Gasteiger partial charge in [0, 0.05) is 6.54 Å². The van der Waals surface area contributed by atoms with Crippen LogP contribution in [0.5, 0.6) is 0 Å². The number of carbonyl (C=O) groups is 1. The van der Waals surface area contributed by atoms with Gasteiger partial charge in [-0.2, -0.15) is 13.2 Å². The van der Waals surface area contributed by atoms with E-state index in [-0.39, 0.29) is 12.2 Å². The number of amides is 2. The van der Waals surface area contributed by atoms with Crippen LogP contribution in [0.3, 0.4) is 0 Å². The van der Waals surface area contributed by atoms with Gasteiger partial charge in [0.25, 0.3) is 0 Å². The molecular weight excluding hydrogens is 355 g/mol. The van der Waals surface area contributed by atoms with Gasteiger partial charge in [-0.25, -0.2) is 4.79 Å². The van der Waals surface area contributed by atoms with Crippen molar-refractivity contribution in [3.63, 3.8) is 0 Å². The zero-order valence-electron chi connectivity index (χ0n) is 14.8. The molecule has 0 spiro atoms. The molecule has 7 heteroatoms. The SMILES string of the molecule is CN(CC#CCNC(=O)Nc1ccccc1C(F)(F)F)Cc1ccccc1. The number of rotatable bonds is 5. The van der Waals surface area contributed by atoms with E-state index in [1.54, 1.807) is 0 Å². The Labute approximate surface area is 156 Å². The molecule has 0 unspecified atom stereocenters. The van der Waals surface area contributed by atoms with Crippen LogP contribution < -0.4 is 10.6 Å². The summed E-state index contributed by atoms with van der Waals surface area (Å²) in [4.78, 5) is 13.8. The highest BCUT2D eigenvalue weighted by Crippen LogP contribution is 2.34. The average Bonchev–Trinajstić information content (AvgIpc) is 2.62. The molecule has 0 radical (unpaired) electrons. The monoisotopic (exact) mass is 375 g/mol. The van der Waals surface area contributed by atoms with Gasteiger partial charge in [-0.1, -0.05) is 54.3 Å². The number of halogens is 3. The van der Waals surface area contributed by atoms with Crippen LogP contribution in [-0.4, -0.2) is 31.1 Å². The summed E-state index contributed by atoms with van der Waals surface area (Å²) in [5.74, 6) is 5.69. The van der Waals surface area contributed by atoms with E-state index in [0.29, 0.717) is 6.54 Å². The number of para-hydroxylation sites is 1. The first-order valence-electron chi connectivity index (χ1n) is 8.25. The van der Waals surface area contributed by atoms with Gasteiger partial charge in [0.05, 0.1) is 24.3 Å². The quantitative estimate of drug-likeness (QED) is 0.777. The third-order valence-corrected chi connectivity index (χ3v) is 3.59. The van der Waals surface area contributed by atoms with Gasteiger partial charge in [0.15, 0.2) is 0 Å². The molecule has 27 heavy (non-hydrogen) atoms. The predicted molar refractivity (Wildman–Crippen MR) is 99.0 cm³/mol. The number of nitrogens with zero attached hydrogens (tertiary/aromatic N) is 1. The molecule has 0 saturated carbocycles. The molecule has 2 rings (SSSR count). The fraction of sp³-hybridized carbons (Fsp3) is 0.250. The Morgan fingerprint density at radius 3 is 2.41 bits per heavy atom. The molecule has 0 heterocycles. The van der Waals surface area contributed by atoms with E-state index in [9.17, 15) is 18.0 Å². The van der Waals surface area contributed by atoms with E-state index in [0.717, 1.165) is 12.6 Å². The summed E-state index contributed by atoms with van der Waals surface area (Å²) >= 11 is 0. The van der Waals surface area contributed by atoms with E-state index >= 15 is 0 Å². The lowest BCUT2D eigenvalue weighted by Gasteiger charge is -2.13. The number of carbonyl (C=O) groups excluding carboxylic acids is 1. The Kier molecular flexibility index (Phi) is 7.26. The topological polar surface area (TPSA) is 44.4 Å². The van der Waals surface area contributed by atoms with Crippen molar-refractivity contribution in [2.45, 2.75) is 12.7 Å². The van der Waals surface area contributed by atoms with Gasteiger partial charge >= 0.3 is 12.2 Å². The molecule has 0 atom stereocenters. The highest BCUT2D eigenvalue weighted by Gasteiger charge is 2.33. The Hall–Kier alpha value is -2.98. The van der Waals surface area contributed by atoms with Gasteiger partial charge in [0.2, 0.25) is 0 Å². The minimum Gasteiger partial charge on any atom is -0.327 e. The Balaban J connectivity index is 1.77. The normalized spacial score (nSPS) is 10.9. The van der Waals surface area contributed by atoms with Crippen molar-refractivity contribution in [1.82, 2.24) is 10.2 Å². The molecule has 2 aromatic carbocycles. The molecule has 142 valence electrons. The number of nitrogens with one attached hydrogen (secondary N) is 2. The van der Waals surface area contributed by atoms with Crippen molar-refractivity contribution in [2.75, 3.05) is 25.5 Å². The minimum absolute atomic E-state index is 0.0409. The van der Waals surface area contributed by atoms with Crippen LogP contribution in [0.1, 0.15) is 11.1 Å². The van der Waals surface area contributed by atoms with Gasteiger partial charge in [-0.15, -0.1) is 0 Å². The van der Waals surface area contributed by atoms with Crippen molar-refractivity contribution in [3.05, 3.63) is 65.7 Å². The Bertz CT molecular complexity index is 810. The summed E-state index contributed by atoms with van der Waals surface area (Å²) in [6.45, 7) is 1.30. The molecule has 0 aromatic heterocycles. The first kappa shape index (κ1) is 20.3. The number of alkyl halides is 3. The molecule has 0 saturated heterocycles. The van der Waals surface area contributed by atoms with Crippen LogP contribution in [0, 0.1) is 11.8 Å². The summed E-state index contributed by atoms with van der Waals surface area (Å²) in [7, 11) is 1.93. The third kappa shape index (κ3) is 7.04. The van der Waals surface area contributed by atoms with Crippen LogP contribution in [-0.2, 0) is 12.7 Å². The van der Waals surface area contributed by atoms with Crippen molar-refractivity contribution in [3.8, 4) is 11.8 Å². The van der Waals surface area contributed by atoms with Crippen molar-refractivity contribution in [1.29, 1.82) is 0 Å². The highest BCUT2D eigenvalue weighted by atomic mass is 19.4. The van der Waals surface area contributed by atoms with Crippen LogP contribution >= 0.6 is 0 Å². The number of benzene rings is 2. The Morgan fingerprint density at radius 1 is 1.04 bits per heavy atom. The number of hydrogen-bond donors (Lipinski definition) is 2. The van der Waals surface area contributed by atoms with Crippen LogP contribution in [0.4, 0.5) is 23.7 Å². The molecule has 0 bridgehead atoms. The van der Waals surface area contributed by atoms with E-state index < -0.39 is 17.8 Å². The Morgan fingerprint density at radius 2 is 1.70 bits per heavy atom. The van der Waals surface area contributed by atoms with Crippen LogP contribution in [0.15, 0.2) is 54.6 Å². The van der Waals surface area contributed by atoms with Crippen molar-refractivity contribution in [2.24, 2.45) is 0 Å². The van der Waals surface area contributed by atoms with Gasteiger partial charge in [-0.3, -0.25) is 4.90 Å². The molecule has 4 nitrogen and oxygen atoms in total. The number of hydrogen-bond acceptors (Lipinski definition) is 2. The lowest BCUT2D eigenvalue weighted by molar-refractivity contribution is -0.136. The van der Waals surface area contributed by atoms with Crippen molar-refractivity contribution < 1.29 is 18.0 Å². The standard InChI is InChI=1S/C20H20F3N3O/c1-26(15-16-9-3-2-4-10-16)14-8-7-13-24-19(27)25-18-12-6-5-11-17(18)20(21,22)23/h2-6,9-12H,13-15H2,1H3,(H2,24,25,27). The maximum atomic E-state index is 12.9. The van der Waals surface area contributed by atoms with Crippen LogP contribution in [0.25, 0.3) is 0 Å². The molecular formula is C20H20F3N3O. The second kappa shape index (κ2) is 9.64. The maximum absolute atomic E-state index is 12.9. The molecule has 0 aliphatic heterocycles. The van der Waals surface area contributed by atoms with Crippen LogP contribution in [0.2, 0.25) is 0 Å². The smallest absolute Gasteiger partial charge is 0.327 e. The van der Waals surface area contributed by atoms with Gasteiger partial charge in [0.1, 0.15) is 0 Å². The second-order valence-corrected chi connectivity index (χ2v) is 5.86. The lowest BCUT2D eigenvalue weighted by Crippen LogP contribution is -2.30. The molecule has 2 aromatic rings. The van der Waals surface area contributed by atoms with E-state index in [2.05, 4.69) is 22.5 Å². The lowest BCUT2D eigenvalue weighted by atomic mass is 10.1. The average molecular weight is 375 g/mol. The zero-order chi connectivity index (χ0) is 19.7. The van der Waals surface area contributed by atoms with Crippen molar-refractivity contribution >= 4 is 11.7 Å². The second-order valence-electron chi connectivity index (χ2n) is 5.86. The summed E-state index contributed by atoms with van der Waals surface area (Å²) in [6.07, 6.45) is -4.53. The number of anilines is 1. The molecule has 2 amide bonds. The molecule has 0 fully saturated rings. The summed E-state index contributed by atoms with van der Waals surface area (Å²) < 4.78 is 38.7. The summed E-state index contributed by atoms with van der Waals surface area (Å²) in [5, 5.41) is 4.62. The largest absolute Gasteiger partial charge is 0.418 e. The van der Waals surface area contributed by atoms with Gasteiger partial charge in [-0.05, 0) is 24.7 Å². The molecule has 0 aliphatic carbocycles. The first-order valence-corrected chi connectivity index (χ1v) is 8.25. The first-order chi connectivity index (χ1) is 12.9. The summed E-state index contributed by atoms with van der Waals surface area (Å²) in [6, 6.07) is 14.0. The minimum atomic E-state index is -4.53. The fourth-order valence-electron chi connectivity index (χ4n) is 2.33. The third-order valence-electron chi connectivity index (χ3n) is 3.59. The van der Waals surface area contributed by atoms with E-state index in [4.69, 9.17) is 0 Å². The maximum Gasteiger partial charge on any atom is 0.418 e. The fourth-order valence-corrected chi connectivity index (χ4v) is 2.33. The molecule has 0 aliphatic rings. The van der Waals surface area contributed by atoms with Gasteiger partial charge < -0.3 is 10.6 Å². The summed E-state index contributed by atoms with van der Waals surface area (Å²) in [5.41, 5.74) is -0.0190. The molecule has 2 N–H and O–H groups in total. The highest BCUT2D eigenvalue weighted by molar-refractivity contribution is 5.90. The number of urea groups is 1. The predicted octanol–water partition coefficient (Wildman–Crippen LogP) is 3.96. The zero-order valence-corrected chi connectivity index (χ0v) is 14.8. The van der Waals surface area contributed by atoms with E-state index in [1.807, 2.05) is 42.3 Å². The van der Waals surface area contributed by atoms with E-state index in [1.165, 1.54) is 23.8 Å².